The molecule has 0 saturated carbocycles. The van der Waals surface area contributed by atoms with Crippen molar-refractivity contribution in [2.24, 2.45) is 0 Å². The maximum atomic E-state index is 6.06. The van der Waals surface area contributed by atoms with Crippen LogP contribution in [-0.4, -0.2) is 18.3 Å². The molecule has 0 bridgehead atoms. The summed E-state index contributed by atoms with van der Waals surface area (Å²) in [5.74, 6) is 0.655. The van der Waals surface area contributed by atoms with Gasteiger partial charge in [-0.2, -0.15) is 0 Å². The minimum Gasteiger partial charge on any atom is -0.490 e. The van der Waals surface area contributed by atoms with Gasteiger partial charge < -0.3 is 15.4 Å². The first-order valence-electron chi connectivity index (χ1n) is 6.44. The third-order valence-electron chi connectivity index (χ3n) is 2.91. The molecule has 21 heavy (non-hydrogen) atoms. The lowest BCUT2D eigenvalue weighted by Crippen LogP contribution is -2.20. The Bertz CT molecular complexity index is 646. The summed E-state index contributed by atoms with van der Waals surface area (Å²) in [7, 11) is 0. The molecule has 0 aliphatic carbocycles. The molecule has 0 saturated heterocycles. The molecular formula is C14H13ClN3OS2. The Labute approximate surface area is 137 Å². The number of rotatable bonds is 6. The molecule has 3 rings (SSSR count). The van der Waals surface area contributed by atoms with Gasteiger partial charge in [0.25, 0.3) is 0 Å². The van der Waals surface area contributed by atoms with Crippen molar-refractivity contribution in [2.75, 3.05) is 18.5 Å². The lowest BCUT2D eigenvalue weighted by molar-refractivity contribution is 0.314. The number of halogens is 1. The van der Waals surface area contributed by atoms with Gasteiger partial charge in [-0.1, -0.05) is 17.7 Å². The third kappa shape index (κ3) is 3.65. The van der Waals surface area contributed by atoms with Gasteiger partial charge in [0, 0.05) is 29.1 Å². The number of hydrogen-bond donors (Lipinski definition) is 2. The van der Waals surface area contributed by atoms with Crippen molar-refractivity contribution in [3.05, 3.63) is 39.5 Å². The smallest absolute Gasteiger partial charge is 0.198 e. The van der Waals surface area contributed by atoms with E-state index >= 15 is 0 Å². The van der Waals surface area contributed by atoms with Crippen LogP contribution >= 0.6 is 35.2 Å². The van der Waals surface area contributed by atoms with Gasteiger partial charge in [0.2, 0.25) is 0 Å². The topological polar surface area (TPSA) is 47.4 Å². The van der Waals surface area contributed by atoms with E-state index in [1.165, 1.54) is 4.88 Å². The Morgan fingerprint density at radius 2 is 2.33 bits per heavy atom. The van der Waals surface area contributed by atoms with Gasteiger partial charge >= 0.3 is 0 Å². The van der Waals surface area contributed by atoms with Crippen LogP contribution < -0.4 is 20.7 Å². The van der Waals surface area contributed by atoms with Crippen LogP contribution in [-0.2, 0) is 6.54 Å². The molecule has 2 aromatic rings. The normalized spacial score (nSPS) is 12.7. The van der Waals surface area contributed by atoms with Gasteiger partial charge in [-0.3, -0.25) is 0 Å². The standard InChI is InChI=1S/C14H13ClN3OS2/c15-9-6-11-13(18-14(20)17-11)12(7-9)19-4-3-16-8-10-2-1-5-21-10/h1-2,5-7,16H,3-4,8H2,(H,17,20). The van der Waals surface area contributed by atoms with Crippen molar-refractivity contribution in [2.45, 2.75) is 6.54 Å². The largest absolute Gasteiger partial charge is 0.490 e. The van der Waals surface area contributed by atoms with E-state index in [1.54, 1.807) is 23.5 Å². The fourth-order valence-corrected chi connectivity index (χ4v) is 3.08. The van der Waals surface area contributed by atoms with Gasteiger partial charge in [-0.05, 0) is 29.7 Å². The summed E-state index contributed by atoms with van der Waals surface area (Å²) in [5, 5.41) is 13.7. The van der Waals surface area contributed by atoms with E-state index < -0.39 is 0 Å². The summed E-state index contributed by atoms with van der Waals surface area (Å²) < 4.78 is 5.76. The van der Waals surface area contributed by atoms with Gasteiger partial charge in [0.15, 0.2) is 5.11 Å². The van der Waals surface area contributed by atoms with E-state index in [2.05, 4.69) is 27.4 Å². The molecule has 1 aliphatic heterocycles. The molecule has 109 valence electrons. The molecule has 2 heterocycles. The molecule has 1 aromatic carbocycles. The van der Waals surface area contributed by atoms with Crippen LogP contribution in [0.15, 0.2) is 29.6 Å². The summed E-state index contributed by atoms with van der Waals surface area (Å²) >= 11 is 12.8. The first-order chi connectivity index (χ1) is 10.2. The van der Waals surface area contributed by atoms with Crippen LogP contribution in [0.4, 0.5) is 11.4 Å². The number of nitrogens with one attached hydrogen (secondary N) is 2. The molecule has 0 amide bonds. The highest BCUT2D eigenvalue weighted by Crippen LogP contribution is 2.39. The van der Waals surface area contributed by atoms with Crippen molar-refractivity contribution < 1.29 is 4.74 Å². The number of thiocarbonyl (C=S) groups is 1. The van der Waals surface area contributed by atoms with E-state index in [-0.39, 0.29) is 0 Å². The first kappa shape index (κ1) is 14.6. The maximum Gasteiger partial charge on any atom is 0.198 e. The predicted octanol–water partition coefficient (Wildman–Crippen LogP) is 3.52. The lowest BCUT2D eigenvalue weighted by atomic mass is 10.2. The fraction of sp³-hybridized carbons (Fsp3) is 0.214. The Balaban J connectivity index is 1.53. The Kier molecular flexibility index (Phi) is 4.60. The number of anilines is 1. The molecule has 2 N–H and O–H groups in total. The maximum absolute atomic E-state index is 6.06. The van der Waals surface area contributed by atoms with Crippen LogP contribution in [0, 0.1) is 0 Å². The number of ether oxygens (including phenoxy) is 1. The van der Waals surface area contributed by atoms with E-state index in [4.69, 9.17) is 28.6 Å². The van der Waals surface area contributed by atoms with Crippen LogP contribution in [0.3, 0.4) is 0 Å². The molecule has 1 radical (unpaired) electrons. The number of fused-ring (bicyclic) bond motifs is 1. The van der Waals surface area contributed by atoms with Crippen molar-refractivity contribution in [3.63, 3.8) is 0 Å². The first-order valence-corrected chi connectivity index (χ1v) is 8.11. The van der Waals surface area contributed by atoms with Crippen LogP contribution in [0.25, 0.3) is 0 Å². The second-order valence-corrected chi connectivity index (χ2v) is 6.30. The van der Waals surface area contributed by atoms with E-state index in [9.17, 15) is 0 Å². The fourth-order valence-electron chi connectivity index (χ4n) is 2.00. The average molecular weight is 339 g/mol. The SMILES string of the molecule is S=C1[N]c2c(cc(Cl)cc2OCCNCc2cccs2)N1. The van der Waals surface area contributed by atoms with Crippen LogP contribution in [0.2, 0.25) is 5.02 Å². The van der Waals surface area contributed by atoms with Crippen LogP contribution in [0.5, 0.6) is 5.75 Å². The highest BCUT2D eigenvalue weighted by Gasteiger charge is 2.21. The van der Waals surface area contributed by atoms with E-state index in [1.807, 2.05) is 6.07 Å². The lowest BCUT2D eigenvalue weighted by Gasteiger charge is -2.10. The quantitative estimate of drug-likeness (QED) is 0.625. The highest BCUT2D eigenvalue weighted by molar-refractivity contribution is 7.80. The van der Waals surface area contributed by atoms with E-state index in [0.29, 0.717) is 22.5 Å². The molecule has 1 aromatic heterocycles. The average Bonchev–Trinajstić information content (AvgIpc) is 3.06. The third-order valence-corrected chi connectivity index (χ3v) is 4.20. The summed E-state index contributed by atoms with van der Waals surface area (Å²) in [6.07, 6.45) is 0. The molecule has 0 spiro atoms. The van der Waals surface area contributed by atoms with Gasteiger partial charge in [-0.25, -0.2) is 5.32 Å². The Morgan fingerprint density at radius 1 is 1.43 bits per heavy atom. The minimum absolute atomic E-state index is 0.438. The summed E-state index contributed by atoms with van der Waals surface area (Å²) in [6, 6.07) is 7.71. The zero-order valence-corrected chi connectivity index (χ0v) is 13.4. The highest BCUT2D eigenvalue weighted by atomic mass is 35.5. The zero-order valence-electron chi connectivity index (χ0n) is 11.1. The number of nitrogens with zero attached hydrogens (tertiary/aromatic N) is 1. The van der Waals surface area contributed by atoms with Crippen LogP contribution in [0.1, 0.15) is 4.88 Å². The molecule has 7 heteroatoms. The Hall–Kier alpha value is -1.34. The van der Waals surface area contributed by atoms with Crippen molar-refractivity contribution in [1.29, 1.82) is 0 Å². The van der Waals surface area contributed by atoms with Crippen molar-refractivity contribution >= 4 is 51.6 Å². The molecule has 0 atom stereocenters. The van der Waals surface area contributed by atoms with Crippen molar-refractivity contribution in [1.82, 2.24) is 10.6 Å². The summed E-state index contributed by atoms with van der Waals surface area (Å²) in [6.45, 7) is 2.14. The molecular weight excluding hydrogens is 326 g/mol. The van der Waals surface area contributed by atoms with Crippen molar-refractivity contribution in [3.8, 4) is 5.75 Å². The summed E-state index contributed by atoms with van der Waals surface area (Å²) in [5.41, 5.74) is 1.52. The summed E-state index contributed by atoms with van der Waals surface area (Å²) in [4.78, 5) is 1.31. The Morgan fingerprint density at radius 3 is 3.14 bits per heavy atom. The second-order valence-electron chi connectivity index (χ2n) is 4.45. The van der Waals surface area contributed by atoms with Gasteiger partial charge in [-0.15, -0.1) is 11.3 Å². The molecule has 0 fully saturated rings. The second kappa shape index (κ2) is 6.62. The minimum atomic E-state index is 0.438. The number of hydrogen-bond acceptors (Lipinski definition) is 4. The number of benzene rings is 1. The molecule has 1 aliphatic rings. The number of thiophene rings is 1. The van der Waals surface area contributed by atoms with Gasteiger partial charge in [0.1, 0.15) is 18.0 Å². The zero-order chi connectivity index (χ0) is 14.7. The monoisotopic (exact) mass is 338 g/mol. The van der Waals surface area contributed by atoms with E-state index in [0.717, 1.165) is 24.5 Å². The predicted molar refractivity (Wildman–Crippen MR) is 91.0 cm³/mol. The molecule has 4 nitrogen and oxygen atoms in total. The van der Waals surface area contributed by atoms with Gasteiger partial charge in [0.05, 0.1) is 5.69 Å². The molecule has 0 unspecified atom stereocenters.